The first kappa shape index (κ1) is 13.1. The SMILES string of the molecule is c1ccc2c(c1)ccn2-c1cncc(N2CC3CNCC3C2)c1. The molecule has 0 radical (unpaired) electrons. The summed E-state index contributed by atoms with van der Waals surface area (Å²) < 4.78 is 2.23. The lowest BCUT2D eigenvalue weighted by Crippen LogP contribution is -2.25. The quantitative estimate of drug-likeness (QED) is 0.790. The number of pyridine rings is 1. The lowest BCUT2D eigenvalue weighted by molar-refractivity contribution is 0.533. The Kier molecular flexibility index (Phi) is 2.91. The highest BCUT2D eigenvalue weighted by atomic mass is 15.2. The highest BCUT2D eigenvalue weighted by Crippen LogP contribution is 2.31. The molecule has 0 spiro atoms. The van der Waals surface area contributed by atoms with E-state index in [1.807, 2.05) is 12.4 Å². The van der Waals surface area contributed by atoms with E-state index in [2.05, 4.69) is 62.4 Å². The topological polar surface area (TPSA) is 33.1 Å². The fraction of sp³-hybridized carbons (Fsp3) is 0.316. The van der Waals surface area contributed by atoms with Crippen molar-refractivity contribution < 1.29 is 0 Å². The van der Waals surface area contributed by atoms with Crippen LogP contribution in [0.15, 0.2) is 55.0 Å². The largest absolute Gasteiger partial charge is 0.370 e. The molecule has 0 saturated carbocycles. The summed E-state index contributed by atoms with van der Waals surface area (Å²) in [7, 11) is 0. The van der Waals surface area contributed by atoms with Crippen LogP contribution in [0.25, 0.3) is 16.6 Å². The Morgan fingerprint density at radius 1 is 0.957 bits per heavy atom. The molecule has 23 heavy (non-hydrogen) atoms. The highest BCUT2D eigenvalue weighted by molar-refractivity contribution is 5.82. The van der Waals surface area contributed by atoms with Crippen LogP contribution in [0.1, 0.15) is 0 Å². The van der Waals surface area contributed by atoms with Crippen molar-refractivity contribution in [1.29, 1.82) is 0 Å². The van der Waals surface area contributed by atoms with Gasteiger partial charge in [-0.3, -0.25) is 4.98 Å². The van der Waals surface area contributed by atoms with Crippen LogP contribution < -0.4 is 10.2 Å². The summed E-state index contributed by atoms with van der Waals surface area (Å²) in [4.78, 5) is 7.01. The van der Waals surface area contributed by atoms with E-state index in [1.165, 1.54) is 16.6 Å². The smallest absolute Gasteiger partial charge is 0.0659 e. The van der Waals surface area contributed by atoms with Crippen molar-refractivity contribution >= 4 is 16.6 Å². The van der Waals surface area contributed by atoms with Gasteiger partial charge in [-0.15, -0.1) is 0 Å². The normalized spacial score (nSPS) is 23.6. The van der Waals surface area contributed by atoms with Crippen molar-refractivity contribution in [2.75, 3.05) is 31.1 Å². The van der Waals surface area contributed by atoms with Gasteiger partial charge in [0.15, 0.2) is 0 Å². The molecule has 2 saturated heterocycles. The van der Waals surface area contributed by atoms with Gasteiger partial charge in [-0.1, -0.05) is 18.2 Å². The maximum Gasteiger partial charge on any atom is 0.0659 e. The minimum atomic E-state index is 0.797. The van der Waals surface area contributed by atoms with E-state index < -0.39 is 0 Å². The van der Waals surface area contributed by atoms with Crippen LogP contribution in [0.3, 0.4) is 0 Å². The molecule has 2 aliphatic rings. The predicted octanol–water partition coefficient (Wildman–Crippen LogP) is 2.68. The molecule has 2 atom stereocenters. The number of fused-ring (bicyclic) bond motifs is 2. The van der Waals surface area contributed by atoms with Crippen molar-refractivity contribution in [2.45, 2.75) is 0 Å². The number of hydrogen-bond donors (Lipinski definition) is 1. The lowest BCUT2D eigenvalue weighted by atomic mass is 10.0. The molecule has 3 aromatic rings. The minimum absolute atomic E-state index is 0.797. The number of anilines is 1. The van der Waals surface area contributed by atoms with Gasteiger partial charge in [0, 0.05) is 32.4 Å². The van der Waals surface area contributed by atoms with Crippen molar-refractivity contribution in [2.24, 2.45) is 11.8 Å². The molecule has 2 unspecified atom stereocenters. The summed E-state index contributed by atoms with van der Waals surface area (Å²) >= 11 is 0. The standard InChI is InChI=1S/C19H20N4/c1-2-4-19-14(3-1)5-6-23(19)18-7-17(10-21-11-18)22-12-15-8-20-9-16(15)13-22/h1-7,10-11,15-16,20H,8-9,12-13H2. The summed E-state index contributed by atoms with van der Waals surface area (Å²) in [6, 6.07) is 12.9. The van der Waals surface area contributed by atoms with Gasteiger partial charge in [0.2, 0.25) is 0 Å². The fourth-order valence-electron chi connectivity index (χ4n) is 4.10. The summed E-state index contributed by atoms with van der Waals surface area (Å²) in [5, 5.41) is 4.77. The van der Waals surface area contributed by atoms with Crippen LogP contribution in [0.5, 0.6) is 0 Å². The molecule has 1 N–H and O–H groups in total. The molecule has 2 aliphatic heterocycles. The zero-order valence-electron chi connectivity index (χ0n) is 13.0. The van der Waals surface area contributed by atoms with Gasteiger partial charge in [-0.05, 0) is 35.4 Å². The highest BCUT2D eigenvalue weighted by Gasteiger charge is 2.36. The molecular weight excluding hydrogens is 284 g/mol. The van der Waals surface area contributed by atoms with Crippen LogP contribution >= 0.6 is 0 Å². The van der Waals surface area contributed by atoms with Crippen LogP contribution in [-0.2, 0) is 0 Å². The monoisotopic (exact) mass is 304 g/mol. The number of rotatable bonds is 2. The van der Waals surface area contributed by atoms with Crippen LogP contribution in [-0.4, -0.2) is 35.7 Å². The van der Waals surface area contributed by atoms with Gasteiger partial charge in [0.25, 0.3) is 0 Å². The Balaban J connectivity index is 1.51. The van der Waals surface area contributed by atoms with Gasteiger partial charge >= 0.3 is 0 Å². The number of hydrogen-bond acceptors (Lipinski definition) is 3. The summed E-state index contributed by atoms with van der Waals surface area (Å²) in [5.74, 6) is 1.59. The lowest BCUT2D eigenvalue weighted by Gasteiger charge is -2.20. The molecule has 116 valence electrons. The number of nitrogens with zero attached hydrogens (tertiary/aromatic N) is 3. The Hall–Kier alpha value is -2.33. The first-order chi connectivity index (χ1) is 11.4. The van der Waals surface area contributed by atoms with E-state index in [1.54, 1.807) is 0 Å². The number of benzene rings is 1. The molecule has 2 aromatic heterocycles. The number of para-hydroxylation sites is 1. The third-order valence-corrected chi connectivity index (χ3v) is 5.34. The van der Waals surface area contributed by atoms with Crippen molar-refractivity contribution in [1.82, 2.24) is 14.9 Å². The molecule has 4 heterocycles. The summed E-state index contributed by atoms with van der Waals surface area (Å²) in [6.45, 7) is 4.62. The van der Waals surface area contributed by atoms with Gasteiger partial charge in [-0.2, -0.15) is 0 Å². The Labute approximate surface area is 135 Å². The number of aromatic nitrogens is 2. The fourth-order valence-corrected chi connectivity index (χ4v) is 4.10. The van der Waals surface area contributed by atoms with Crippen LogP contribution in [0.2, 0.25) is 0 Å². The molecule has 4 heteroatoms. The van der Waals surface area contributed by atoms with Gasteiger partial charge in [-0.25, -0.2) is 0 Å². The second-order valence-corrected chi connectivity index (χ2v) is 6.73. The van der Waals surface area contributed by atoms with E-state index in [-0.39, 0.29) is 0 Å². The first-order valence-electron chi connectivity index (χ1n) is 8.36. The van der Waals surface area contributed by atoms with E-state index >= 15 is 0 Å². The molecule has 4 nitrogen and oxygen atoms in total. The second-order valence-electron chi connectivity index (χ2n) is 6.73. The van der Waals surface area contributed by atoms with Crippen molar-refractivity contribution in [3.8, 4) is 5.69 Å². The second kappa shape index (κ2) is 5.10. The maximum atomic E-state index is 4.51. The molecule has 0 aliphatic carbocycles. The van der Waals surface area contributed by atoms with Gasteiger partial charge < -0.3 is 14.8 Å². The third kappa shape index (κ3) is 2.13. The first-order valence-corrected chi connectivity index (χ1v) is 8.36. The zero-order valence-corrected chi connectivity index (χ0v) is 13.0. The zero-order chi connectivity index (χ0) is 15.2. The molecule has 1 aromatic carbocycles. The summed E-state index contributed by atoms with van der Waals surface area (Å²) in [6.07, 6.45) is 6.09. The van der Waals surface area contributed by atoms with Crippen molar-refractivity contribution in [3.05, 3.63) is 55.0 Å². The Morgan fingerprint density at radius 2 is 1.74 bits per heavy atom. The Bertz CT molecular complexity index is 841. The summed E-state index contributed by atoms with van der Waals surface area (Å²) in [5.41, 5.74) is 3.61. The average molecular weight is 304 g/mol. The molecule has 0 bridgehead atoms. The van der Waals surface area contributed by atoms with Crippen LogP contribution in [0.4, 0.5) is 5.69 Å². The van der Waals surface area contributed by atoms with Crippen LogP contribution in [0, 0.1) is 11.8 Å². The molecule has 5 rings (SSSR count). The maximum absolute atomic E-state index is 4.51. The van der Waals surface area contributed by atoms with E-state index in [4.69, 9.17) is 0 Å². The average Bonchev–Trinajstić information content (AvgIpc) is 3.29. The predicted molar refractivity (Wildman–Crippen MR) is 93.1 cm³/mol. The third-order valence-electron chi connectivity index (χ3n) is 5.34. The van der Waals surface area contributed by atoms with E-state index in [0.717, 1.165) is 43.7 Å². The minimum Gasteiger partial charge on any atom is -0.370 e. The van der Waals surface area contributed by atoms with Gasteiger partial charge in [0.1, 0.15) is 0 Å². The van der Waals surface area contributed by atoms with E-state index in [9.17, 15) is 0 Å². The Morgan fingerprint density at radius 3 is 2.61 bits per heavy atom. The van der Waals surface area contributed by atoms with E-state index in [0.29, 0.717) is 0 Å². The molecule has 0 amide bonds. The molecule has 2 fully saturated rings. The molecular formula is C19H20N4. The van der Waals surface area contributed by atoms with Crippen molar-refractivity contribution in [3.63, 3.8) is 0 Å². The van der Waals surface area contributed by atoms with Gasteiger partial charge in [0.05, 0.1) is 29.3 Å². The number of nitrogens with one attached hydrogen (secondary N) is 1.